The van der Waals surface area contributed by atoms with Gasteiger partial charge in [-0.25, -0.2) is 4.39 Å². The van der Waals surface area contributed by atoms with E-state index in [2.05, 4.69) is 10.6 Å². The monoisotopic (exact) mass is 275 g/mol. The first-order valence-corrected chi connectivity index (χ1v) is 6.77. The molecule has 0 bridgehead atoms. The fourth-order valence-corrected chi connectivity index (χ4v) is 2.48. The van der Waals surface area contributed by atoms with Crippen molar-refractivity contribution in [3.05, 3.63) is 29.1 Å². The van der Waals surface area contributed by atoms with Crippen molar-refractivity contribution < 1.29 is 9.18 Å². The molecule has 1 saturated heterocycles. The van der Waals surface area contributed by atoms with Crippen molar-refractivity contribution in [2.75, 3.05) is 11.9 Å². The average molecular weight is 275 g/mol. The molecule has 2 rings (SSSR count). The average Bonchev–Trinajstić information content (AvgIpc) is 2.43. The van der Waals surface area contributed by atoms with E-state index in [0.717, 1.165) is 19.4 Å². The van der Waals surface area contributed by atoms with E-state index in [-0.39, 0.29) is 23.4 Å². The molecule has 0 aliphatic carbocycles. The number of halogens is 1. The van der Waals surface area contributed by atoms with Crippen molar-refractivity contribution in [1.29, 1.82) is 5.26 Å². The lowest BCUT2D eigenvalue weighted by molar-refractivity contribution is -0.119. The van der Waals surface area contributed by atoms with Crippen LogP contribution in [0.3, 0.4) is 0 Å². The maximum atomic E-state index is 13.7. The fraction of sp³-hybridized carbons (Fsp3) is 0.467. The number of hydrogen-bond donors (Lipinski definition) is 2. The van der Waals surface area contributed by atoms with E-state index < -0.39 is 5.82 Å². The molecule has 1 aliphatic heterocycles. The Balaban J connectivity index is 2.19. The van der Waals surface area contributed by atoms with Crippen LogP contribution in [0.4, 0.5) is 10.1 Å². The van der Waals surface area contributed by atoms with Gasteiger partial charge < -0.3 is 10.6 Å². The summed E-state index contributed by atoms with van der Waals surface area (Å²) in [6, 6.07) is 4.30. The Hall–Kier alpha value is -1.93. The van der Waals surface area contributed by atoms with Gasteiger partial charge in [0, 0.05) is 11.3 Å². The van der Waals surface area contributed by atoms with Gasteiger partial charge in [0.15, 0.2) is 0 Å². The van der Waals surface area contributed by atoms with Crippen LogP contribution in [-0.2, 0) is 4.79 Å². The van der Waals surface area contributed by atoms with E-state index in [0.29, 0.717) is 11.3 Å². The number of nitriles is 1. The largest absolute Gasteiger partial charge is 0.324 e. The zero-order chi connectivity index (χ0) is 14.7. The Morgan fingerprint density at radius 2 is 2.30 bits per heavy atom. The van der Waals surface area contributed by atoms with Crippen LogP contribution in [0.15, 0.2) is 12.1 Å². The van der Waals surface area contributed by atoms with Crippen LogP contribution in [0.1, 0.15) is 30.9 Å². The zero-order valence-corrected chi connectivity index (χ0v) is 11.7. The van der Waals surface area contributed by atoms with Crippen LogP contribution < -0.4 is 10.6 Å². The lowest BCUT2D eigenvalue weighted by Crippen LogP contribution is -2.48. The van der Waals surface area contributed by atoms with E-state index in [9.17, 15) is 9.18 Å². The number of carbonyl (C=O) groups excluding carboxylic acids is 1. The Morgan fingerprint density at radius 3 is 2.95 bits per heavy atom. The Morgan fingerprint density at radius 1 is 1.55 bits per heavy atom. The molecule has 0 saturated carbocycles. The van der Waals surface area contributed by atoms with Crippen LogP contribution in [0.25, 0.3) is 0 Å². The molecule has 1 aromatic rings. The van der Waals surface area contributed by atoms with Crippen molar-refractivity contribution in [1.82, 2.24) is 5.32 Å². The molecule has 2 atom stereocenters. The fourth-order valence-electron chi connectivity index (χ4n) is 2.48. The minimum atomic E-state index is -0.482. The number of nitrogens with zero attached hydrogens (tertiary/aromatic N) is 1. The highest BCUT2D eigenvalue weighted by molar-refractivity contribution is 5.96. The first-order chi connectivity index (χ1) is 9.52. The zero-order valence-electron chi connectivity index (χ0n) is 11.7. The van der Waals surface area contributed by atoms with Crippen LogP contribution in [0, 0.1) is 30.0 Å². The van der Waals surface area contributed by atoms with Crippen molar-refractivity contribution in [3.8, 4) is 6.07 Å². The summed E-state index contributed by atoms with van der Waals surface area (Å²) in [5, 5.41) is 14.8. The highest BCUT2D eigenvalue weighted by atomic mass is 19.1. The second kappa shape index (κ2) is 6.02. The molecule has 0 aromatic heterocycles. The molecule has 2 N–H and O–H groups in total. The number of nitrogens with one attached hydrogen (secondary N) is 2. The third kappa shape index (κ3) is 2.97. The molecule has 2 unspecified atom stereocenters. The summed E-state index contributed by atoms with van der Waals surface area (Å²) >= 11 is 0. The van der Waals surface area contributed by atoms with Gasteiger partial charge in [0.05, 0.1) is 17.7 Å². The molecule has 5 heteroatoms. The number of piperidine rings is 1. The maximum absolute atomic E-state index is 13.7. The van der Waals surface area contributed by atoms with Gasteiger partial charge >= 0.3 is 0 Å². The summed E-state index contributed by atoms with van der Waals surface area (Å²) in [5.41, 5.74) is 0.917. The van der Waals surface area contributed by atoms with Crippen molar-refractivity contribution >= 4 is 11.6 Å². The third-order valence-electron chi connectivity index (χ3n) is 3.78. The number of amides is 1. The summed E-state index contributed by atoms with van der Waals surface area (Å²) in [4.78, 5) is 12.3. The Kier molecular flexibility index (Phi) is 4.35. The van der Waals surface area contributed by atoms with E-state index in [4.69, 9.17) is 5.26 Å². The first-order valence-electron chi connectivity index (χ1n) is 6.77. The molecular weight excluding hydrogens is 257 g/mol. The van der Waals surface area contributed by atoms with Crippen LogP contribution in [-0.4, -0.2) is 18.5 Å². The van der Waals surface area contributed by atoms with Gasteiger partial charge in [0.2, 0.25) is 5.91 Å². The molecule has 1 heterocycles. The Labute approximate surface area is 118 Å². The molecule has 1 amide bonds. The minimum Gasteiger partial charge on any atom is -0.324 e. The highest BCUT2D eigenvalue weighted by Gasteiger charge is 2.27. The molecular formula is C15H18FN3O. The van der Waals surface area contributed by atoms with Gasteiger partial charge in [-0.05, 0) is 44.4 Å². The van der Waals surface area contributed by atoms with Gasteiger partial charge in [-0.15, -0.1) is 0 Å². The van der Waals surface area contributed by atoms with E-state index in [1.54, 1.807) is 6.92 Å². The Bertz CT molecular complexity index is 565. The molecule has 1 fully saturated rings. The maximum Gasteiger partial charge on any atom is 0.241 e. The summed E-state index contributed by atoms with van der Waals surface area (Å²) in [6.07, 6.45) is 2.05. The van der Waals surface area contributed by atoms with Crippen LogP contribution in [0.2, 0.25) is 0 Å². The summed E-state index contributed by atoms with van der Waals surface area (Å²) in [5.74, 6) is -0.410. The number of carbonyl (C=O) groups is 1. The smallest absolute Gasteiger partial charge is 0.241 e. The highest BCUT2D eigenvalue weighted by Crippen LogP contribution is 2.22. The second-order valence-corrected chi connectivity index (χ2v) is 5.28. The third-order valence-corrected chi connectivity index (χ3v) is 3.78. The van der Waals surface area contributed by atoms with Crippen molar-refractivity contribution in [2.45, 2.75) is 32.7 Å². The SMILES string of the molecule is Cc1c(F)cc(C#N)cc1NC(=O)C1NCCCC1C. The normalized spacial score (nSPS) is 22.1. The first kappa shape index (κ1) is 14.5. The van der Waals surface area contributed by atoms with Crippen molar-refractivity contribution in [3.63, 3.8) is 0 Å². The van der Waals surface area contributed by atoms with Crippen molar-refractivity contribution in [2.24, 2.45) is 5.92 Å². The lowest BCUT2D eigenvalue weighted by atomic mass is 9.92. The van der Waals surface area contributed by atoms with E-state index in [1.807, 2.05) is 13.0 Å². The number of hydrogen-bond acceptors (Lipinski definition) is 3. The lowest BCUT2D eigenvalue weighted by Gasteiger charge is -2.29. The summed E-state index contributed by atoms with van der Waals surface area (Å²) in [7, 11) is 0. The van der Waals surface area contributed by atoms with Gasteiger partial charge in [-0.3, -0.25) is 4.79 Å². The predicted octanol–water partition coefficient (Wildman–Crippen LogP) is 2.33. The second-order valence-electron chi connectivity index (χ2n) is 5.28. The van der Waals surface area contributed by atoms with Gasteiger partial charge in [-0.1, -0.05) is 6.92 Å². The number of rotatable bonds is 2. The molecule has 0 radical (unpaired) electrons. The van der Waals surface area contributed by atoms with Crippen LogP contribution in [0.5, 0.6) is 0 Å². The van der Waals surface area contributed by atoms with Gasteiger partial charge in [0.1, 0.15) is 5.82 Å². The number of benzene rings is 1. The standard InChI is InChI=1S/C15H18FN3O/c1-9-4-3-5-18-14(9)15(20)19-13-7-11(8-17)6-12(16)10(13)2/h6-7,9,14,18H,3-5H2,1-2H3,(H,19,20). The molecule has 0 spiro atoms. The van der Waals surface area contributed by atoms with Gasteiger partial charge in [0.25, 0.3) is 0 Å². The molecule has 1 aliphatic rings. The minimum absolute atomic E-state index is 0.171. The van der Waals surface area contributed by atoms with E-state index in [1.165, 1.54) is 12.1 Å². The number of anilines is 1. The molecule has 1 aromatic carbocycles. The predicted molar refractivity (Wildman–Crippen MR) is 74.7 cm³/mol. The van der Waals surface area contributed by atoms with E-state index >= 15 is 0 Å². The molecule has 106 valence electrons. The molecule has 4 nitrogen and oxygen atoms in total. The summed E-state index contributed by atoms with van der Waals surface area (Å²) in [6.45, 7) is 4.42. The molecule has 20 heavy (non-hydrogen) atoms. The van der Waals surface area contributed by atoms with Gasteiger partial charge in [-0.2, -0.15) is 5.26 Å². The quantitative estimate of drug-likeness (QED) is 0.870. The topological polar surface area (TPSA) is 64.9 Å². The van der Waals surface area contributed by atoms with Crippen LogP contribution >= 0.6 is 0 Å². The summed E-state index contributed by atoms with van der Waals surface area (Å²) < 4.78 is 13.7.